The van der Waals surface area contributed by atoms with Gasteiger partial charge >= 0.3 is 0 Å². The van der Waals surface area contributed by atoms with E-state index in [1.165, 1.54) is 17.3 Å². The molecule has 0 unspecified atom stereocenters. The molecular formula is C21H20N4O5S. The summed E-state index contributed by atoms with van der Waals surface area (Å²) in [6, 6.07) is 11.4. The highest BCUT2D eigenvalue weighted by atomic mass is 32.2. The van der Waals surface area contributed by atoms with E-state index in [1.807, 2.05) is 31.2 Å². The molecule has 4 aromatic rings. The van der Waals surface area contributed by atoms with Gasteiger partial charge in [-0.1, -0.05) is 46.7 Å². The lowest BCUT2D eigenvalue weighted by atomic mass is 10.1. The van der Waals surface area contributed by atoms with Crippen LogP contribution in [0.2, 0.25) is 0 Å². The molecule has 2 aromatic heterocycles. The number of hydrogen-bond acceptors (Lipinski definition) is 10. The minimum Gasteiger partial charge on any atom is -0.493 e. The van der Waals surface area contributed by atoms with Crippen LogP contribution in [0.1, 0.15) is 11.5 Å². The molecule has 0 amide bonds. The van der Waals surface area contributed by atoms with Gasteiger partial charge in [-0.2, -0.15) is 4.98 Å². The summed E-state index contributed by atoms with van der Waals surface area (Å²) in [7, 11) is 4.64. The lowest BCUT2D eigenvalue weighted by molar-refractivity contribution is 0.324. The molecule has 0 fully saturated rings. The number of aromatic nitrogens is 4. The molecule has 9 nitrogen and oxygen atoms in total. The first-order valence-electron chi connectivity index (χ1n) is 9.27. The second-order valence-electron chi connectivity index (χ2n) is 6.45. The monoisotopic (exact) mass is 440 g/mol. The van der Waals surface area contributed by atoms with Crippen LogP contribution in [0.3, 0.4) is 0 Å². The normalized spacial score (nSPS) is 10.8. The maximum atomic E-state index is 5.77. The molecule has 10 heteroatoms. The van der Waals surface area contributed by atoms with Gasteiger partial charge in [-0.25, -0.2) is 0 Å². The van der Waals surface area contributed by atoms with Gasteiger partial charge in [0.05, 0.1) is 27.1 Å². The van der Waals surface area contributed by atoms with E-state index < -0.39 is 0 Å². The summed E-state index contributed by atoms with van der Waals surface area (Å²) in [4.78, 5) is 4.42. The summed E-state index contributed by atoms with van der Waals surface area (Å²) in [6.45, 7) is 2.03. The Bertz CT molecular complexity index is 1150. The fraction of sp³-hybridized carbons (Fsp3) is 0.238. The predicted octanol–water partition coefficient (Wildman–Crippen LogP) is 4.41. The van der Waals surface area contributed by atoms with Crippen LogP contribution in [-0.2, 0) is 5.75 Å². The van der Waals surface area contributed by atoms with Crippen LogP contribution in [0.15, 0.2) is 50.6 Å². The second-order valence-corrected chi connectivity index (χ2v) is 7.38. The molecule has 31 heavy (non-hydrogen) atoms. The largest absolute Gasteiger partial charge is 0.493 e. The number of nitrogens with zero attached hydrogens (tertiary/aromatic N) is 4. The van der Waals surface area contributed by atoms with Crippen molar-refractivity contribution in [3.63, 3.8) is 0 Å². The average molecular weight is 440 g/mol. The van der Waals surface area contributed by atoms with E-state index in [2.05, 4.69) is 20.3 Å². The Kier molecular flexibility index (Phi) is 6.08. The zero-order chi connectivity index (χ0) is 21.8. The highest BCUT2D eigenvalue weighted by Gasteiger charge is 2.18. The first kappa shape index (κ1) is 20.7. The summed E-state index contributed by atoms with van der Waals surface area (Å²) in [5, 5.41) is 12.6. The molecule has 0 saturated heterocycles. The first-order valence-corrected chi connectivity index (χ1v) is 10.3. The average Bonchev–Trinajstić information content (AvgIpc) is 3.47. The van der Waals surface area contributed by atoms with Crippen molar-refractivity contribution in [1.29, 1.82) is 0 Å². The zero-order valence-corrected chi connectivity index (χ0v) is 18.2. The third kappa shape index (κ3) is 4.48. The summed E-state index contributed by atoms with van der Waals surface area (Å²) in [5.41, 5.74) is 2.71. The maximum Gasteiger partial charge on any atom is 0.277 e. The minimum absolute atomic E-state index is 0.327. The van der Waals surface area contributed by atoms with Gasteiger partial charge in [-0.05, 0) is 19.1 Å². The highest BCUT2D eigenvalue weighted by Crippen LogP contribution is 2.41. The number of benzene rings is 2. The van der Waals surface area contributed by atoms with Crippen molar-refractivity contribution in [2.45, 2.75) is 17.9 Å². The Hall–Kier alpha value is -3.53. The Morgan fingerprint density at radius 1 is 0.903 bits per heavy atom. The van der Waals surface area contributed by atoms with Crippen molar-refractivity contribution in [2.75, 3.05) is 21.3 Å². The number of hydrogen-bond donors (Lipinski definition) is 0. The van der Waals surface area contributed by atoms with E-state index in [4.69, 9.17) is 23.2 Å². The first-order chi connectivity index (χ1) is 15.1. The smallest absolute Gasteiger partial charge is 0.277 e. The van der Waals surface area contributed by atoms with Crippen LogP contribution in [0.5, 0.6) is 17.2 Å². The van der Waals surface area contributed by atoms with E-state index >= 15 is 0 Å². The van der Waals surface area contributed by atoms with Crippen LogP contribution in [0, 0.1) is 6.92 Å². The standard InChI is InChI=1S/C21H20N4O5S/c1-12-5-7-13(8-6-12)19-22-17(30-25-19)11-31-21-24-23-20(29-21)14-9-15(26-2)18(28-4)16(10-14)27-3/h5-10H,11H2,1-4H3. The van der Waals surface area contributed by atoms with Gasteiger partial charge in [-0.15, -0.1) is 10.2 Å². The zero-order valence-electron chi connectivity index (χ0n) is 17.4. The molecule has 160 valence electrons. The molecule has 4 rings (SSSR count). The van der Waals surface area contributed by atoms with Crippen LogP contribution < -0.4 is 14.2 Å². The fourth-order valence-electron chi connectivity index (χ4n) is 2.85. The van der Waals surface area contributed by atoms with E-state index in [0.717, 1.165) is 5.56 Å². The molecule has 0 spiro atoms. The van der Waals surface area contributed by atoms with Crippen LogP contribution in [0.4, 0.5) is 0 Å². The van der Waals surface area contributed by atoms with Crippen molar-refractivity contribution >= 4 is 11.8 Å². The van der Waals surface area contributed by atoms with Crippen LogP contribution in [-0.4, -0.2) is 41.7 Å². The highest BCUT2D eigenvalue weighted by molar-refractivity contribution is 7.98. The maximum absolute atomic E-state index is 5.77. The molecule has 0 radical (unpaired) electrons. The summed E-state index contributed by atoms with van der Waals surface area (Å²) < 4.78 is 27.2. The van der Waals surface area contributed by atoms with E-state index in [1.54, 1.807) is 33.5 Å². The van der Waals surface area contributed by atoms with Gasteiger partial charge in [0.1, 0.15) is 0 Å². The third-order valence-electron chi connectivity index (χ3n) is 4.42. The van der Waals surface area contributed by atoms with E-state index in [0.29, 0.717) is 51.4 Å². The number of rotatable bonds is 8. The Morgan fingerprint density at radius 3 is 2.26 bits per heavy atom. The minimum atomic E-state index is 0.327. The van der Waals surface area contributed by atoms with Crippen molar-refractivity contribution in [3.05, 3.63) is 47.9 Å². The number of ether oxygens (including phenoxy) is 3. The summed E-state index contributed by atoms with van der Waals surface area (Å²) in [6.07, 6.45) is 0. The van der Waals surface area contributed by atoms with Gasteiger partial charge in [0, 0.05) is 11.1 Å². The number of thioether (sulfide) groups is 1. The lowest BCUT2D eigenvalue weighted by Gasteiger charge is -2.12. The van der Waals surface area contributed by atoms with Gasteiger partial charge in [0.15, 0.2) is 11.5 Å². The lowest BCUT2D eigenvalue weighted by Crippen LogP contribution is -1.95. The second kappa shape index (κ2) is 9.09. The van der Waals surface area contributed by atoms with Crippen molar-refractivity contribution in [1.82, 2.24) is 20.3 Å². The van der Waals surface area contributed by atoms with Gasteiger partial charge < -0.3 is 23.2 Å². The van der Waals surface area contributed by atoms with Gasteiger partial charge in [-0.3, -0.25) is 0 Å². The molecule has 0 aliphatic carbocycles. The van der Waals surface area contributed by atoms with E-state index in [-0.39, 0.29) is 0 Å². The van der Waals surface area contributed by atoms with Crippen LogP contribution in [0.25, 0.3) is 22.8 Å². The van der Waals surface area contributed by atoms with Gasteiger partial charge in [0.25, 0.3) is 5.22 Å². The Morgan fingerprint density at radius 2 is 1.61 bits per heavy atom. The summed E-state index contributed by atoms with van der Waals surface area (Å²) in [5.74, 6) is 3.22. The molecule has 2 aromatic carbocycles. The predicted molar refractivity (Wildman–Crippen MR) is 113 cm³/mol. The van der Waals surface area contributed by atoms with Crippen molar-refractivity contribution < 1.29 is 23.2 Å². The molecule has 0 saturated carbocycles. The molecule has 0 aliphatic heterocycles. The topological polar surface area (TPSA) is 106 Å². The molecule has 0 atom stereocenters. The quantitative estimate of drug-likeness (QED) is 0.366. The van der Waals surface area contributed by atoms with E-state index in [9.17, 15) is 0 Å². The van der Waals surface area contributed by atoms with Crippen molar-refractivity contribution in [3.8, 4) is 40.1 Å². The fourth-order valence-corrected chi connectivity index (χ4v) is 3.45. The number of methoxy groups -OCH3 is 3. The number of aryl methyl sites for hydroxylation is 1. The van der Waals surface area contributed by atoms with Crippen LogP contribution >= 0.6 is 11.8 Å². The molecule has 0 N–H and O–H groups in total. The molecule has 2 heterocycles. The SMILES string of the molecule is COc1cc(-c2nnc(SCc3nc(-c4ccc(C)cc4)no3)o2)cc(OC)c1OC. The van der Waals surface area contributed by atoms with Crippen molar-refractivity contribution in [2.24, 2.45) is 0 Å². The molecule has 0 aliphatic rings. The Balaban J connectivity index is 1.47. The Labute approximate surface area is 182 Å². The summed E-state index contributed by atoms with van der Waals surface area (Å²) >= 11 is 1.30. The van der Waals surface area contributed by atoms with Gasteiger partial charge in [0.2, 0.25) is 23.4 Å². The molecular weight excluding hydrogens is 420 g/mol. The third-order valence-corrected chi connectivity index (χ3v) is 5.22. The molecule has 0 bridgehead atoms.